The third kappa shape index (κ3) is 4.68. The van der Waals surface area contributed by atoms with Crippen LogP contribution in [-0.2, 0) is 11.3 Å². The quantitative estimate of drug-likeness (QED) is 0.610. The Kier molecular flexibility index (Phi) is 6.36. The summed E-state index contributed by atoms with van der Waals surface area (Å²) in [7, 11) is 0. The molecule has 3 rings (SSSR count). The van der Waals surface area contributed by atoms with Gasteiger partial charge in [-0.05, 0) is 30.2 Å². The highest BCUT2D eigenvalue weighted by molar-refractivity contribution is 7.99. The lowest BCUT2D eigenvalue weighted by Gasteiger charge is -2.12. The van der Waals surface area contributed by atoms with E-state index in [9.17, 15) is 4.79 Å². The minimum Gasteiger partial charge on any atom is -0.356 e. The standard InChI is InChI=1S/C20H20ClN3OS/c1-2-22-19(25)14-26-20-23-12-18(16-8-10-17(21)11-9-16)24(20)13-15-6-4-3-5-7-15/h3-12H,2,13-14H2,1H3,(H,22,25). The lowest BCUT2D eigenvalue weighted by Crippen LogP contribution is -2.24. The summed E-state index contributed by atoms with van der Waals surface area (Å²) in [6, 6.07) is 17.9. The Morgan fingerprint density at radius 2 is 1.88 bits per heavy atom. The number of thioether (sulfide) groups is 1. The molecule has 0 radical (unpaired) electrons. The molecule has 0 aliphatic rings. The van der Waals surface area contributed by atoms with Crippen molar-refractivity contribution >= 4 is 29.3 Å². The molecule has 0 saturated carbocycles. The van der Waals surface area contributed by atoms with Gasteiger partial charge in [-0.1, -0.05) is 65.8 Å². The van der Waals surface area contributed by atoms with Crippen LogP contribution in [0.25, 0.3) is 11.3 Å². The largest absolute Gasteiger partial charge is 0.356 e. The van der Waals surface area contributed by atoms with Crippen molar-refractivity contribution in [1.82, 2.24) is 14.9 Å². The van der Waals surface area contributed by atoms with Gasteiger partial charge in [0.2, 0.25) is 5.91 Å². The molecule has 1 heterocycles. The first-order valence-corrected chi connectivity index (χ1v) is 9.78. The zero-order valence-corrected chi connectivity index (χ0v) is 16.1. The fourth-order valence-electron chi connectivity index (χ4n) is 2.62. The van der Waals surface area contributed by atoms with Gasteiger partial charge in [-0.25, -0.2) is 4.98 Å². The van der Waals surface area contributed by atoms with Crippen LogP contribution in [0.1, 0.15) is 12.5 Å². The number of carbonyl (C=O) groups is 1. The van der Waals surface area contributed by atoms with Crippen molar-refractivity contribution in [3.63, 3.8) is 0 Å². The number of carbonyl (C=O) groups excluding carboxylic acids is 1. The average Bonchev–Trinajstić information content (AvgIpc) is 3.04. The second kappa shape index (κ2) is 8.92. The molecule has 134 valence electrons. The van der Waals surface area contributed by atoms with Gasteiger partial charge in [0.05, 0.1) is 24.2 Å². The number of hydrogen-bond acceptors (Lipinski definition) is 3. The number of aromatic nitrogens is 2. The Labute approximate surface area is 162 Å². The Morgan fingerprint density at radius 1 is 1.15 bits per heavy atom. The monoisotopic (exact) mass is 385 g/mol. The van der Waals surface area contributed by atoms with Gasteiger partial charge in [-0.3, -0.25) is 4.79 Å². The van der Waals surface area contributed by atoms with Gasteiger partial charge < -0.3 is 9.88 Å². The van der Waals surface area contributed by atoms with Crippen molar-refractivity contribution in [2.45, 2.75) is 18.6 Å². The van der Waals surface area contributed by atoms with E-state index in [2.05, 4.69) is 27.0 Å². The van der Waals surface area contributed by atoms with E-state index >= 15 is 0 Å². The molecule has 0 unspecified atom stereocenters. The highest BCUT2D eigenvalue weighted by atomic mass is 35.5. The molecule has 0 saturated heterocycles. The van der Waals surface area contributed by atoms with Crippen LogP contribution in [0.4, 0.5) is 0 Å². The smallest absolute Gasteiger partial charge is 0.230 e. The van der Waals surface area contributed by atoms with E-state index in [-0.39, 0.29) is 5.91 Å². The van der Waals surface area contributed by atoms with Gasteiger partial charge >= 0.3 is 0 Å². The molecular formula is C20H20ClN3OS. The molecule has 0 aliphatic carbocycles. The van der Waals surface area contributed by atoms with Gasteiger partial charge in [-0.2, -0.15) is 0 Å². The maximum absolute atomic E-state index is 11.8. The van der Waals surface area contributed by atoms with Crippen LogP contribution in [0.5, 0.6) is 0 Å². The number of nitrogens with zero attached hydrogens (tertiary/aromatic N) is 2. The van der Waals surface area contributed by atoms with Crippen molar-refractivity contribution < 1.29 is 4.79 Å². The van der Waals surface area contributed by atoms with E-state index in [1.54, 1.807) is 0 Å². The van der Waals surface area contributed by atoms with E-state index < -0.39 is 0 Å². The van der Waals surface area contributed by atoms with Crippen LogP contribution >= 0.6 is 23.4 Å². The van der Waals surface area contributed by atoms with Crippen LogP contribution in [0.3, 0.4) is 0 Å². The minimum atomic E-state index is 0.0137. The number of imidazole rings is 1. The number of benzene rings is 2. The lowest BCUT2D eigenvalue weighted by atomic mass is 10.1. The molecule has 1 amide bonds. The SMILES string of the molecule is CCNC(=O)CSc1ncc(-c2ccc(Cl)cc2)n1Cc1ccccc1. The first-order chi connectivity index (χ1) is 12.7. The number of nitrogens with one attached hydrogen (secondary N) is 1. The van der Waals surface area contributed by atoms with E-state index in [1.807, 2.05) is 55.6 Å². The van der Waals surface area contributed by atoms with Crippen LogP contribution in [0, 0.1) is 0 Å². The summed E-state index contributed by atoms with van der Waals surface area (Å²) in [4.78, 5) is 16.4. The van der Waals surface area contributed by atoms with Crippen molar-refractivity contribution in [3.05, 3.63) is 71.4 Å². The van der Waals surface area contributed by atoms with Crippen LogP contribution < -0.4 is 5.32 Å². The summed E-state index contributed by atoms with van der Waals surface area (Å²) in [6.45, 7) is 3.24. The maximum Gasteiger partial charge on any atom is 0.230 e. The highest BCUT2D eigenvalue weighted by Gasteiger charge is 2.14. The molecule has 0 atom stereocenters. The molecule has 0 bridgehead atoms. The fourth-order valence-corrected chi connectivity index (χ4v) is 3.56. The summed E-state index contributed by atoms with van der Waals surface area (Å²) in [5.41, 5.74) is 3.23. The zero-order valence-electron chi connectivity index (χ0n) is 14.5. The molecular weight excluding hydrogens is 366 g/mol. The molecule has 3 aromatic rings. The van der Waals surface area contributed by atoms with Gasteiger partial charge in [-0.15, -0.1) is 0 Å². The van der Waals surface area contributed by atoms with E-state index in [1.165, 1.54) is 17.3 Å². The molecule has 1 aromatic heterocycles. The van der Waals surface area contributed by atoms with E-state index in [4.69, 9.17) is 11.6 Å². The van der Waals surface area contributed by atoms with Crippen LogP contribution in [0.15, 0.2) is 66.0 Å². The summed E-state index contributed by atoms with van der Waals surface area (Å²) in [6.07, 6.45) is 1.85. The molecule has 1 N–H and O–H groups in total. The predicted octanol–water partition coefficient (Wildman–Crippen LogP) is 4.48. The van der Waals surface area contributed by atoms with Gasteiger partial charge in [0.25, 0.3) is 0 Å². The third-order valence-electron chi connectivity index (χ3n) is 3.85. The second-order valence-corrected chi connectivity index (χ2v) is 7.13. The van der Waals surface area contributed by atoms with Gasteiger partial charge in [0, 0.05) is 11.6 Å². The summed E-state index contributed by atoms with van der Waals surface area (Å²) >= 11 is 7.46. The summed E-state index contributed by atoms with van der Waals surface area (Å²) < 4.78 is 2.14. The van der Waals surface area contributed by atoms with Crippen molar-refractivity contribution in [3.8, 4) is 11.3 Å². The molecule has 26 heavy (non-hydrogen) atoms. The Balaban J connectivity index is 1.91. The summed E-state index contributed by atoms with van der Waals surface area (Å²) in [5, 5.41) is 4.34. The minimum absolute atomic E-state index is 0.0137. The highest BCUT2D eigenvalue weighted by Crippen LogP contribution is 2.28. The normalized spacial score (nSPS) is 10.7. The molecule has 6 heteroatoms. The molecule has 2 aromatic carbocycles. The van der Waals surface area contributed by atoms with Crippen molar-refractivity contribution in [2.75, 3.05) is 12.3 Å². The maximum atomic E-state index is 11.8. The van der Waals surface area contributed by atoms with Crippen molar-refractivity contribution in [2.24, 2.45) is 0 Å². The molecule has 4 nitrogen and oxygen atoms in total. The second-order valence-electron chi connectivity index (χ2n) is 5.75. The number of hydrogen-bond donors (Lipinski definition) is 1. The molecule has 0 aliphatic heterocycles. The zero-order chi connectivity index (χ0) is 18.4. The van der Waals surface area contributed by atoms with E-state index in [0.29, 0.717) is 23.9 Å². The van der Waals surface area contributed by atoms with Crippen LogP contribution in [-0.4, -0.2) is 27.8 Å². The molecule has 0 fully saturated rings. The number of halogens is 1. The third-order valence-corrected chi connectivity index (χ3v) is 5.09. The summed E-state index contributed by atoms with van der Waals surface area (Å²) in [5.74, 6) is 0.361. The number of amides is 1. The van der Waals surface area contributed by atoms with E-state index in [0.717, 1.165) is 16.4 Å². The molecule has 0 spiro atoms. The number of rotatable bonds is 7. The topological polar surface area (TPSA) is 46.9 Å². The first kappa shape index (κ1) is 18.5. The average molecular weight is 386 g/mol. The Bertz CT molecular complexity index is 863. The van der Waals surface area contributed by atoms with Crippen LogP contribution in [0.2, 0.25) is 5.02 Å². The van der Waals surface area contributed by atoms with Crippen molar-refractivity contribution in [1.29, 1.82) is 0 Å². The first-order valence-electron chi connectivity index (χ1n) is 8.42. The Morgan fingerprint density at radius 3 is 2.58 bits per heavy atom. The Hall–Kier alpha value is -2.24. The fraction of sp³-hybridized carbons (Fsp3) is 0.200. The van der Waals surface area contributed by atoms with Gasteiger partial charge in [0.15, 0.2) is 5.16 Å². The predicted molar refractivity (Wildman–Crippen MR) is 108 cm³/mol. The van der Waals surface area contributed by atoms with Gasteiger partial charge in [0.1, 0.15) is 0 Å². The lowest BCUT2D eigenvalue weighted by molar-refractivity contribution is -0.118.